The molecular formula is C13H17NO4. The van der Waals surface area contributed by atoms with E-state index in [4.69, 9.17) is 9.84 Å². The van der Waals surface area contributed by atoms with Gasteiger partial charge < -0.3 is 9.84 Å². The predicted molar refractivity (Wildman–Crippen MR) is 66.6 cm³/mol. The highest BCUT2D eigenvalue weighted by Gasteiger charge is 2.30. The van der Waals surface area contributed by atoms with Crippen LogP contribution in [0.4, 0.5) is 4.79 Å². The van der Waals surface area contributed by atoms with Gasteiger partial charge in [-0.2, -0.15) is 0 Å². The Hall–Kier alpha value is -2.04. The van der Waals surface area contributed by atoms with Gasteiger partial charge in [0.1, 0.15) is 12.3 Å². The van der Waals surface area contributed by atoms with Gasteiger partial charge in [-0.15, -0.1) is 0 Å². The summed E-state index contributed by atoms with van der Waals surface area (Å²) in [5.41, 5.74) is -0.621. The number of carbonyl (C=O) groups excluding carboxylic acids is 1. The number of carbonyl (C=O) groups is 2. The van der Waals surface area contributed by atoms with Crippen LogP contribution in [0.1, 0.15) is 20.8 Å². The molecular weight excluding hydrogens is 234 g/mol. The van der Waals surface area contributed by atoms with Crippen molar-refractivity contribution in [2.24, 2.45) is 0 Å². The summed E-state index contributed by atoms with van der Waals surface area (Å²) in [4.78, 5) is 23.9. The average molecular weight is 251 g/mol. The number of ether oxygens (including phenoxy) is 1. The number of hydrogen-bond donors (Lipinski definition) is 1. The molecule has 0 fully saturated rings. The van der Waals surface area contributed by atoms with E-state index in [9.17, 15) is 9.59 Å². The summed E-state index contributed by atoms with van der Waals surface area (Å²) in [7, 11) is 0. The van der Waals surface area contributed by atoms with Gasteiger partial charge in [-0.05, 0) is 32.9 Å². The highest BCUT2D eigenvalue weighted by Crippen LogP contribution is 2.17. The van der Waals surface area contributed by atoms with Crippen LogP contribution in [0.15, 0.2) is 30.3 Å². The van der Waals surface area contributed by atoms with Gasteiger partial charge in [-0.3, -0.25) is 9.69 Å². The van der Waals surface area contributed by atoms with E-state index in [-0.39, 0.29) is 0 Å². The molecule has 1 aromatic carbocycles. The largest absolute Gasteiger partial charge is 0.480 e. The van der Waals surface area contributed by atoms with Gasteiger partial charge >= 0.3 is 12.1 Å². The van der Waals surface area contributed by atoms with Gasteiger partial charge in [0, 0.05) is 5.54 Å². The Morgan fingerprint density at radius 1 is 1.22 bits per heavy atom. The van der Waals surface area contributed by atoms with Crippen molar-refractivity contribution in [3.05, 3.63) is 30.3 Å². The van der Waals surface area contributed by atoms with Crippen LogP contribution < -0.4 is 4.74 Å². The third-order valence-corrected chi connectivity index (χ3v) is 2.27. The van der Waals surface area contributed by atoms with Crippen molar-refractivity contribution in [2.45, 2.75) is 26.3 Å². The molecule has 1 amide bonds. The second-order valence-electron chi connectivity index (χ2n) is 4.83. The minimum absolute atomic E-state index is 0.391. The number of aliphatic carboxylic acids is 1. The van der Waals surface area contributed by atoms with E-state index in [0.29, 0.717) is 5.75 Å². The summed E-state index contributed by atoms with van der Waals surface area (Å²) in [5, 5.41) is 8.81. The number of amides is 1. The Balaban J connectivity index is 2.80. The van der Waals surface area contributed by atoms with Crippen LogP contribution in [-0.4, -0.2) is 34.2 Å². The van der Waals surface area contributed by atoms with Crippen molar-refractivity contribution in [1.29, 1.82) is 0 Å². The Kier molecular flexibility index (Phi) is 4.31. The number of nitrogens with zero attached hydrogens (tertiary/aromatic N) is 1. The highest BCUT2D eigenvalue weighted by molar-refractivity contribution is 5.78. The number of para-hydroxylation sites is 1. The van der Waals surface area contributed by atoms with E-state index in [1.807, 2.05) is 0 Å². The van der Waals surface area contributed by atoms with Crippen molar-refractivity contribution < 1.29 is 19.4 Å². The quantitative estimate of drug-likeness (QED) is 0.895. The first-order valence-corrected chi connectivity index (χ1v) is 5.57. The molecule has 0 aromatic heterocycles. The molecule has 0 aliphatic heterocycles. The van der Waals surface area contributed by atoms with Crippen LogP contribution in [0.3, 0.4) is 0 Å². The molecule has 0 heterocycles. The van der Waals surface area contributed by atoms with Gasteiger partial charge in [0.15, 0.2) is 0 Å². The normalized spacial score (nSPS) is 10.8. The fraction of sp³-hybridized carbons (Fsp3) is 0.385. The Morgan fingerprint density at radius 3 is 2.22 bits per heavy atom. The van der Waals surface area contributed by atoms with Crippen LogP contribution in [0, 0.1) is 0 Å². The lowest BCUT2D eigenvalue weighted by Gasteiger charge is -2.33. The topological polar surface area (TPSA) is 66.8 Å². The molecule has 0 saturated heterocycles. The van der Waals surface area contributed by atoms with Gasteiger partial charge in [-0.1, -0.05) is 18.2 Å². The molecule has 1 rings (SSSR count). The summed E-state index contributed by atoms with van der Waals surface area (Å²) < 4.78 is 5.13. The number of carboxylic acids is 1. The lowest BCUT2D eigenvalue weighted by Crippen LogP contribution is -2.49. The first-order valence-electron chi connectivity index (χ1n) is 5.57. The maximum absolute atomic E-state index is 11.9. The Bertz CT molecular complexity index is 422. The third-order valence-electron chi connectivity index (χ3n) is 2.27. The van der Waals surface area contributed by atoms with Crippen LogP contribution in [-0.2, 0) is 4.79 Å². The highest BCUT2D eigenvalue weighted by atomic mass is 16.6. The fourth-order valence-corrected chi connectivity index (χ4v) is 1.36. The fourth-order valence-electron chi connectivity index (χ4n) is 1.36. The molecule has 0 atom stereocenters. The maximum atomic E-state index is 11.9. The van der Waals surface area contributed by atoms with E-state index >= 15 is 0 Å². The first-order chi connectivity index (χ1) is 8.30. The van der Waals surface area contributed by atoms with Crippen molar-refractivity contribution in [3.8, 4) is 5.75 Å². The second kappa shape index (κ2) is 5.53. The van der Waals surface area contributed by atoms with E-state index < -0.39 is 24.1 Å². The smallest absolute Gasteiger partial charge is 0.416 e. The van der Waals surface area contributed by atoms with Crippen LogP contribution >= 0.6 is 0 Å². The number of benzene rings is 1. The van der Waals surface area contributed by atoms with Crippen molar-refractivity contribution in [3.63, 3.8) is 0 Å². The van der Waals surface area contributed by atoms with Gasteiger partial charge in [0.05, 0.1) is 0 Å². The zero-order valence-electron chi connectivity index (χ0n) is 10.7. The molecule has 0 bridgehead atoms. The Morgan fingerprint density at radius 2 is 1.78 bits per heavy atom. The molecule has 5 nitrogen and oxygen atoms in total. The summed E-state index contributed by atoms with van der Waals surface area (Å²) in [6.07, 6.45) is -0.670. The van der Waals surface area contributed by atoms with Crippen LogP contribution in [0.25, 0.3) is 0 Å². The van der Waals surface area contributed by atoms with Gasteiger partial charge in [-0.25, -0.2) is 4.79 Å². The predicted octanol–water partition coefficient (Wildman–Crippen LogP) is 2.37. The van der Waals surface area contributed by atoms with Crippen LogP contribution in [0.2, 0.25) is 0 Å². The molecule has 0 aliphatic carbocycles. The third kappa shape index (κ3) is 4.08. The molecule has 0 aliphatic rings. The van der Waals surface area contributed by atoms with Crippen molar-refractivity contribution in [1.82, 2.24) is 4.90 Å². The lowest BCUT2D eigenvalue weighted by atomic mass is 10.1. The molecule has 0 radical (unpaired) electrons. The molecule has 1 N–H and O–H groups in total. The minimum atomic E-state index is -1.07. The molecule has 0 unspecified atom stereocenters. The second-order valence-corrected chi connectivity index (χ2v) is 4.83. The summed E-state index contributed by atoms with van der Waals surface area (Å²) in [6, 6.07) is 8.55. The van der Waals surface area contributed by atoms with Crippen molar-refractivity contribution >= 4 is 12.1 Å². The van der Waals surface area contributed by atoms with E-state index in [1.165, 1.54) is 4.90 Å². The molecule has 5 heteroatoms. The average Bonchev–Trinajstić information content (AvgIpc) is 2.25. The number of hydrogen-bond acceptors (Lipinski definition) is 3. The molecule has 0 saturated carbocycles. The van der Waals surface area contributed by atoms with Gasteiger partial charge in [0.25, 0.3) is 0 Å². The summed E-state index contributed by atoms with van der Waals surface area (Å²) >= 11 is 0. The van der Waals surface area contributed by atoms with Crippen LogP contribution in [0.5, 0.6) is 5.75 Å². The molecule has 98 valence electrons. The first kappa shape index (κ1) is 14.0. The molecule has 18 heavy (non-hydrogen) atoms. The number of rotatable bonds is 3. The minimum Gasteiger partial charge on any atom is -0.480 e. The summed E-state index contributed by atoms with van der Waals surface area (Å²) in [5.74, 6) is -0.683. The monoisotopic (exact) mass is 251 g/mol. The van der Waals surface area contributed by atoms with E-state index in [0.717, 1.165) is 0 Å². The Labute approximate surface area is 106 Å². The maximum Gasteiger partial charge on any atom is 0.416 e. The van der Waals surface area contributed by atoms with E-state index in [2.05, 4.69) is 0 Å². The lowest BCUT2D eigenvalue weighted by molar-refractivity contribution is -0.138. The summed E-state index contributed by atoms with van der Waals surface area (Å²) in [6.45, 7) is 4.86. The standard InChI is InChI=1S/C13H17NO4/c1-13(2,3)14(9-11(15)16)12(17)18-10-7-5-4-6-8-10/h4-8H,9H2,1-3H3,(H,15,16). The van der Waals surface area contributed by atoms with E-state index in [1.54, 1.807) is 51.1 Å². The van der Waals surface area contributed by atoms with Gasteiger partial charge in [0.2, 0.25) is 0 Å². The zero-order chi connectivity index (χ0) is 13.8. The van der Waals surface area contributed by atoms with Crippen molar-refractivity contribution in [2.75, 3.05) is 6.54 Å². The SMILES string of the molecule is CC(C)(C)N(CC(=O)O)C(=O)Oc1ccccc1. The number of carboxylic acid groups (broad SMARTS) is 1. The molecule has 0 spiro atoms. The molecule has 1 aromatic rings. The zero-order valence-corrected chi connectivity index (χ0v) is 10.7.